The van der Waals surface area contributed by atoms with Gasteiger partial charge in [-0.15, -0.1) is 5.10 Å². The molecule has 5 rings (SSSR count). The molecule has 1 fully saturated rings. The number of nitrogens with zero attached hydrogens (tertiary/aromatic N) is 5. The summed E-state index contributed by atoms with van der Waals surface area (Å²) in [5.41, 5.74) is 2.32. The minimum Gasteiger partial charge on any atom is -0.476 e. The number of rotatable bonds is 5. The predicted octanol–water partition coefficient (Wildman–Crippen LogP) is 1.99. The number of para-hydroxylation sites is 2. The lowest BCUT2D eigenvalue weighted by molar-refractivity contribution is -0.142. The van der Waals surface area contributed by atoms with Crippen molar-refractivity contribution >= 4 is 23.6 Å². The molecule has 0 saturated carbocycles. The van der Waals surface area contributed by atoms with Crippen molar-refractivity contribution in [1.82, 2.24) is 19.9 Å². The van der Waals surface area contributed by atoms with E-state index in [2.05, 4.69) is 10.3 Å². The maximum atomic E-state index is 13.2. The van der Waals surface area contributed by atoms with Gasteiger partial charge in [0.05, 0.1) is 38.2 Å². The van der Waals surface area contributed by atoms with Gasteiger partial charge in [0.1, 0.15) is 11.4 Å². The fourth-order valence-corrected chi connectivity index (χ4v) is 4.04. The second-order valence-corrected chi connectivity index (χ2v) is 8.12. The van der Waals surface area contributed by atoms with Crippen LogP contribution in [-0.2, 0) is 20.9 Å². The SMILES string of the molecule is O=C(C1CN(C(=O)/C=C/c2cn(Cc3ccccc3)nn2)c2ccccc2O1)N1CCOCC1. The monoisotopic (exact) mass is 459 g/mol. The Hall–Kier alpha value is -3.98. The number of carbonyl (C=O) groups is 2. The van der Waals surface area contributed by atoms with Crippen molar-refractivity contribution in [2.45, 2.75) is 12.6 Å². The first-order valence-electron chi connectivity index (χ1n) is 11.2. The van der Waals surface area contributed by atoms with E-state index in [4.69, 9.17) is 9.47 Å². The second kappa shape index (κ2) is 9.88. The third-order valence-corrected chi connectivity index (χ3v) is 5.78. The van der Waals surface area contributed by atoms with Crippen LogP contribution in [0, 0.1) is 0 Å². The molecular weight excluding hydrogens is 434 g/mol. The van der Waals surface area contributed by atoms with Crippen LogP contribution in [0.25, 0.3) is 6.08 Å². The Bertz CT molecular complexity index is 1190. The van der Waals surface area contributed by atoms with Gasteiger partial charge in [-0.05, 0) is 23.8 Å². The Kier molecular flexibility index (Phi) is 6.35. The third kappa shape index (κ3) is 4.84. The highest BCUT2D eigenvalue weighted by Gasteiger charge is 2.35. The second-order valence-electron chi connectivity index (χ2n) is 8.12. The average molecular weight is 460 g/mol. The topological polar surface area (TPSA) is 89.8 Å². The van der Waals surface area contributed by atoms with E-state index in [-0.39, 0.29) is 18.4 Å². The van der Waals surface area contributed by atoms with Gasteiger partial charge in [-0.3, -0.25) is 9.59 Å². The molecule has 0 aliphatic carbocycles. The molecule has 2 aliphatic rings. The van der Waals surface area contributed by atoms with Crippen LogP contribution in [0.1, 0.15) is 11.3 Å². The highest BCUT2D eigenvalue weighted by atomic mass is 16.5. The number of carbonyl (C=O) groups excluding carboxylic acids is 2. The van der Waals surface area contributed by atoms with E-state index in [1.165, 1.54) is 6.08 Å². The van der Waals surface area contributed by atoms with Gasteiger partial charge >= 0.3 is 0 Å². The molecule has 9 heteroatoms. The van der Waals surface area contributed by atoms with E-state index in [1.54, 1.807) is 32.8 Å². The minimum absolute atomic E-state index is 0.136. The predicted molar refractivity (Wildman–Crippen MR) is 125 cm³/mol. The summed E-state index contributed by atoms with van der Waals surface area (Å²) in [6.45, 7) is 2.78. The normalized spacial score (nSPS) is 17.9. The van der Waals surface area contributed by atoms with Gasteiger partial charge in [0.15, 0.2) is 6.10 Å². The van der Waals surface area contributed by atoms with Gasteiger partial charge in [-0.2, -0.15) is 0 Å². The molecule has 1 unspecified atom stereocenters. The summed E-state index contributed by atoms with van der Waals surface area (Å²) in [4.78, 5) is 29.5. The lowest BCUT2D eigenvalue weighted by atomic mass is 10.1. The van der Waals surface area contributed by atoms with Crippen molar-refractivity contribution in [3.63, 3.8) is 0 Å². The van der Waals surface area contributed by atoms with Gasteiger partial charge in [0.2, 0.25) is 0 Å². The fraction of sp³-hybridized carbons (Fsp3) is 0.280. The molecule has 1 aromatic heterocycles. The summed E-state index contributed by atoms with van der Waals surface area (Å²) in [5, 5.41) is 8.27. The van der Waals surface area contributed by atoms with E-state index in [0.717, 1.165) is 5.56 Å². The van der Waals surface area contributed by atoms with Crippen LogP contribution in [0.5, 0.6) is 5.75 Å². The highest BCUT2D eigenvalue weighted by molar-refractivity contribution is 6.05. The summed E-state index contributed by atoms with van der Waals surface area (Å²) >= 11 is 0. The van der Waals surface area contributed by atoms with Crippen LogP contribution in [0.3, 0.4) is 0 Å². The van der Waals surface area contributed by atoms with Gasteiger partial charge in [0.25, 0.3) is 11.8 Å². The Labute approximate surface area is 197 Å². The number of hydrogen-bond acceptors (Lipinski definition) is 6. The van der Waals surface area contributed by atoms with Gasteiger partial charge < -0.3 is 19.3 Å². The van der Waals surface area contributed by atoms with E-state index >= 15 is 0 Å². The molecule has 1 atom stereocenters. The number of aromatic nitrogens is 3. The molecule has 174 valence electrons. The standard InChI is InChI=1S/C25H25N5O4/c31-24(11-10-20-17-29(27-26-20)16-19-6-2-1-3-7-19)30-18-23(25(32)28-12-14-33-15-13-28)34-22-9-5-4-8-21(22)30/h1-11,17,23H,12-16,18H2/b11-10+. The molecule has 9 nitrogen and oxygen atoms in total. The Morgan fingerprint density at radius 1 is 1.03 bits per heavy atom. The van der Waals surface area contributed by atoms with E-state index in [1.807, 2.05) is 48.5 Å². The molecule has 3 aromatic rings. The molecule has 3 heterocycles. The molecule has 2 aliphatic heterocycles. The van der Waals surface area contributed by atoms with Crippen molar-refractivity contribution < 1.29 is 19.1 Å². The summed E-state index contributed by atoms with van der Waals surface area (Å²) in [5.74, 6) is 0.118. The number of morpholine rings is 1. The first-order chi connectivity index (χ1) is 16.7. The summed E-state index contributed by atoms with van der Waals surface area (Å²) in [6.07, 6.45) is 4.11. The van der Waals surface area contributed by atoms with Crippen molar-refractivity contribution in [3.8, 4) is 5.75 Å². The maximum Gasteiger partial charge on any atom is 0.265 e. The molecule has 34 heavy (non-hydrogen) atoms. The van der Waals surface area contributed by atoms with Gasteiger partial charge in [-0.1, -0.05) is 47.7 Å². The zero-order valence-electron chi connectivity index (χ0n) is 18.6. The Morgan fingerprint density at radius 3 is 2.62 bits per heavy atom. The molecule has 0 N–H and O–H groups in total. The van der Waals surface area contributed by atoms with Gasteiger partial charge in [0, 0.05) is 19.2 Å². The summed E-state index contributed by atoms with van der Waals surface area (Å²) in [6, 6.07) is 17.2. The number of benzene rings is 2. The molecule has 2 amide bonds. The smallest absolute Gasteiger partial charge is 0.265 e. The van der Waals surface area contributed by atoms with Crippen LogP contribution in [-0.4, -0.2) is 70.7 Å². The maximum absolute atomic E-state index is 13.2. The fourth-order valence-electron chi connectivity index (χ4n) is 4.04. The quantitative estimate of drug-likeness (QED) is 0.542. The number of amides is 2. The largest absolute Gasteiger partial charge is 0.476 e. The van der Waals surface area contributed by atoms with Crippen molar-refractivity contribution in [3.05, 3.63) is 78.1 Å². The van der Waals surface area contributed by atoms with Crippen LogP contribution in [0.2, 0.25) is 0 Å². The number of ether oxygens (including phenoxy) is 2. The van der Waals surface area contributed by atoms with Crippen molar-refractivity contribution in [2.75, 3.05) is 37.7 Å². The summed E-state index contributed by atoms with van der Waals surface area (Å²) < 4.78 is 13.0. The van der Waals surface area contributed by atoms with Crippen LogP contribution >= 0.6 is 0 Å². The van der Waals surface area contributed by atoms with E-state index in [0.29, 0.717) is 50.0 Å². The van der Waals surface area contributed by atoms with E-state index in [9.17, 15) is 9.59 Å². The van der Waals surface area contributed by atoms with Crippen LogP contribution in [0.15, 0.2) is 66.9 Å². The number of fused-ring (bicyclic) bond motifs is 1. The van der Waals surface area contributed by atoms with Crippen molar-refractivity contribution in [1.29, 1.82) is 0 Å². The molecule has 2 aromatic carbocycles. The Balaban J connectivity index is 1.30. The van der Waals surface area contributed by atoms with E-state index < -0.39 is 6.10 Å². The molecular formula is C25H25N5O4. The lowest BCUT2D eigenvalue weighted by Crippen LogP contribution is -2.53. The zero-order chi connectivity index (χ0) is 23.3. The Morgan fingerprint density at radius 2 is 1.79 bits per heavy atom. The van der Waals surface area contributed by atoms with Crippen LogP contribution in [0.4, 0.5) is 5.69 Å². The molecule has 0 radical (unpaired) electrons. The summed E-state index contributed by atoms with van der Waals surface area (Å²) in [7, 11) is 0. The highest BCUT2D eigenvalue weighted by Crippen LogP contribution is 2.33. The zero-order valence-corrected chi connectivity index (χ0v) is 18.6. The molecule has 1 saturated heterocycles. The third-order valence-electron chi connectivity index (χ3n) is 5.78. The lowest BCUT2D eigenvalue weighted by Gasteiger charge is -2.37. The van der Waals surface area contributed by atoms with Crippen LogP contribution < -0.4 is 9.64 Å². The minimum atomic E-state index is -0.767. The van der Waals surface area contributed by atoms with Crippen molar-refractivity contribution in [2.24, 2.45) is 0 Å². The average Bonchev–Trinajstić information content (AvgIpc) is 3.34. The first-order valence-corrected chi connectivity index (χ1v) is 11.2. The van der Waals surface area contributed by atoms with Gasteiger partial charge in [-0.25, -0.2) is 4.68 Å². The number of anilines is 1. The first kappa shape index (κ1) is 21.8. The molecule has 0 bridgehead atoms. The molecule has 0 spiro atoms. The number of hydrogen-bond donors (Lipinski definition) is 0.